The number of amides is 1. The standard InChI is InChI=1S/C12H17N3O2/c1-9(17-11-3-2-4-13-8-11)12(16)15-7-10-5-14-6-10/h2-4,8-10,14H,5-7H2,1H3,(H,15,16). The molecule has 17 heavy (non-hydrogen) atoms. The molecule has 1 saturated heterocycles. The molecule has 92 valence electrons. The van der Waals surface area contributed by atoms with E-state index in [-0.39, 0.29) is 5.91 Å². The molecule has 0 aliphatic carbocycles. The Labute approximate surface area is 101 Å². The van der Waals surface area contributed by atoms with E-state index in [1.165, 1.54) is 0 Å². The Balaban J connectivity index is 1.74. The van der Waals surface area contributed by atoms with E-state index in [4.69, 9.17) is 4.74 Å². The predicted molar refractivity (Wildman–Crippen MR) is 63.7 cm³/mol. The molecule has 1 amide bonds. The maximum absolute atomic E-state index is 11.7. The summed E-state index contributed by atoms with van der Waals surface area (Å²) < 4.78 is 5.47. The normalized spacial score (nSPS) is 17.0. The van der Waals surface area contributed by atoms with Crippen molar-refractivity contribution >= 4 is 5.91 Å². The van der Waals surface area contributed by atoms with E-state index in [0.29, 0.717) is 18.2 Å². The fourth-order valence-corrected chi connectivity index (χ4v) is 1.56. The molecule has 1 fully saturated rings. The maximum Gasteiger partial charge on any atom is 0.260 e. The van der Waals surface area contributed by atoms with Crippen LogP contribution in [0.25, 0.3) is 0 Å². The van der Waals surface area contributed by atoms with E-state index < -0.39 is 6.10 Å². The van der Waals surface area contributed by atoms with Crippen LogP contribution in [0.4, 0.5) is 0 Å². The molecular weight excluding hydrogens is 218 g/mol. The van der Waals surface area contributed by atoms with Crippen molar-refractivity contribution in [3.63, 3.8) is 0 Å². The van der Waals surface area contributed by atoms with Crippen LogP contribution in [-0.4, -0.2) is 36.6 Å². The first-order valence-electron chi connectivity index (χ1n) is 5.81. The minimum atomic E-state index is -0.493. The highest BCUT2D eigenvalue weighted by Gasteiger charge is 2.20. The molecule has 1 atom stereocenters. The Bertz CT molecular complexity index is 365. The number of carbonyl (C=O) groups excluding carboxylic acids is 1. The maximum atomic E-state index is 11.7. The fraction of sp³-hybridized carbons (Fsp3) is 0.500. The molecule has 0 radical (unpaired) electrons. The van der Waals surface area contributed by atoms with E-state index in [2.05, 4.69) is 15.6 Å². The molecule has 0 bridgehead atoms. The summed E-state index contributed by atoms with van der Waals surface area (Å²) in [6.07, 6.45) is 2.77. The summed E-state index contributed by atoms with van der Waals surface area (Å²) in [5.41, 5.74) is 0. The highest BCUT2D eigenvalue weighted by Crippen LogP contribution is 2.09. The summed E-state index contributed by atoms with van der Waals surface area (Å²) in [7, 11) is 0. The number of nitrogens with zero attached hydrogens (tertiary/aromatic N) is 1. The van der Waals surface area contributed by atoms with Gasteiger partial charge in [-0.15, -0.1) is 0 Å². The summed E-state index contributed by atoms with van der Waals surface area (Å²) in [6.45, 7) is 4.42. The van der Waals surface area contributed by atoms with Crippen molar-refractivity contribution in [3.8, 4) is 5.75 Å². The lowest BCUT2D eigenvalue weighted by Crippen LogP contribution is -2.49. The highest BCUT2D eigenvalue weighted by atomic mass is 16.5. The number of rotatable bonds is 5. The molecule has 0 aromatic carbocycles. The third kappa shape index (κ3) is 3.42. The molecule has 1 aliphatic rings. The summed E-state index contributed by atoms with van der Waals surface area (Å²) in [6, 6.07) is 3.56. The van der Waals surface area contributed by atoms with Gasteiger partial charge in [-0.3, -0.25) is 9.78 Å². The Morgan fingerprint density at radius 2 is 2.53 bits per heavy atom. The van der Waals surface area contributed by atoms with Crippen LogP contribution in [0.2, 0.25) is 0 Å². The average molecular weight is 235 g/mol. The van der Waals surface area contributed by atoms with Gasteiger partial charge in [-0.25, -0.2) is 0 Å². The van der Waals surface area contributed by atoms with Crippen LogP contribution in [0.1, 0.15) is 6.92 Å². The first-order valence-corrected chi connectivity index (χ1v) is 5.81. The number of hydrogen-bond acceptors (Lipinski definition) is 4. The van der Waals surface area contributed by atoms with E-state index in [1.54, 1.807) is 31.5 Å². The van der Waals surface area contributed by atoms with E-state index in [0.717, 1.165) is 13.1 Å². The van der Waals surface area contributed by atoms with Crippen LogP contribution in [0.15, 0.2) is 24.5 Å². The molecule has 1 aromatic heterocycles. The molecule has 1 aliphatic heterocycles. The molecular formula is C12H17N3O2. The van der Waals surface area contributed by atoms with Crippen LogP contribution in [0.5, 0.6) is 5.75 Å². The van der Waals surface area contributed by atoms with Gasteiger partial charge < -0.3 is 15.4 Å². The zero-order valence-electron chi connectivity index (χ0n) is 9.85. The van der Waals surface area contributed by atoms with Crippen molar-refractivity contribution in [1.82, 2.24) is 15.6 Å². The topological polar surface area (TPSA) is 63.2 Å². The minimum absolute atomic E-state index is 0.0826. The Morgan fingerprint density at radius 1 is 1.71 bits per heavy atom. The smallest absolute Gasteiger partial charge is 0.260 e. The van der Waals surface area contributed by atoms with Crippen molar-refractivity contribution in [2.45, 2.75) is 13.0 Å². The molecule has 1 unspecified atom stereocenters. The Kier molecular flexibility index (Phi) is 3.93. The number of ether oxygens (including phenoxy) is 1. The molecule has 5 nitrogen and oxygen atoms in total. The third-order valence-corrected chi connectivity index (χ3v) is 2.75. The lowest BCUT2D eigenvalue weighted by molar-refractivity contribution is -0.127. The van der Waals surface area contributed by atoms with Gasteiger partial charge in [0.05, 0.1) is 6.20 Å². The fourth-order valence-electron chi connectivity index (χ4n) is 1.56. The van der Waals surface area contributed by atoms with E-state index in [1.807, 2.05) is 0 Å². The van der Waals surface area contributed by atoms with E-state index in [9.17, 15) is 4.79 Å². The first kappa shape index (κ1) is 11.9. The van der Waals surface area contributed by atoms with Crippen molar-refractivity contribution in [2.75, 3.05) is 19.6 Å². The molecule has 0 saturated carbocycles. The summed E-state index contributed by atoms with van der Waals surface area (Å²) in [5.74, 6) is 1.09. The molecule has 2 heterocycles. The number of pyridine rings is 1. The zero-order chi connectivity index (χ0) is 12.1. The highest BCUT2D eigenvalue weighted by molar-refractivity contribution is 5.80. The largest absolute Gasteiger partial charge is 0.479 e. The second-order valence-electron chi connectivity index (χ2n) is 4.22. The molecule has 2 N–H and O–H groups in total. The van der Waals surface area contributed by atoms with Crippen LogP contribution < -0.4 is 15.4 Å². The zero-order valence-corrected chi connectivity index (χ0v) is 9.85. The van der Waals surface area contributed by atoms with Crippen LogP contribution in [0, 0.1) is 5.92 Å². The van der Waals surface area contributed by atoms with Gasteiger partial charge in [0.1, 0.15) is 5.75 Å². The van der Waals surface area contributed by atoms with Gasteiger partial charge in [-0.2, -0.15) is 0 Å². The second kappa shape index (κ2) is 5.63. The van der Waals surface area contributed by atoms with Gasteiger partial charge in [0.15, 0.2) is 6.10 Å². The van der Waals surface area contributed by atoms with Crippen LogP contribution in [-0.2, 0) is 4.79 Å². The monoisotopic (exact) mass is 235 g/mol. The van der Waals surface area contributed by atoms with Crippen LogP contribution >= 0.6 is 0 Å². The van der Waals surface area contributed by atoms with Crippen molar-refractivity contribution in [3.05, 3.63) is 24.5 Å². The van der Waals surface area contributed by atoms with Gasteiger partial charge in [0.2, 0.25) is 0 Å². The predicted octanol–water partition coefficient (Wildman–Crippen LogP) is 0.184. The minimum Gasteiger partial charge on any atom is -0.479 e. The van der Waals surface area contributed by atoms with Crippen molar-refractivity contribution in [2.24, 2.45) is 5.92 Å². The Morgan fingerprint density at radius 3 is 3.12 bits per heavy atom. The lowest BCUT2D eigenvalue weighted by Gasteiger charge is -2.27. The van der Waals surface area contributed by atoms with Crippen molar-refractivity contribution in [1.29, 1.82) is 0 Å². The first-order chi connectivity index (χ1) is 8.25. The molecule has 1 aromatic rings. The Hall–Kier alpha value is -1.62. The SMILES string of the molecule is CC(Oc1cccnc1)C(=O)NCC1CNC1. The summed E-state index contributed by atoms with van der Waals surface area (Å²) in [5, 5.41) is 6.04. The summed E-state index contributed by atoms with van der Waals surface area (Å²) in [4.78, 5) is 15.6. The van der Waals surface area contributed by atoms with Gasteiger partial charge in [0.25, 0.3) is 5.91 Å². The number of hydrogen-bond donors (Lipinski definition) is 2. The number of carbonyl (C=O) groups is 1. The molecule has 5 heteroatoms. The van der Waals surface area contributed by atoms with Gasteiger partial charge in [-0.05, 0) is 19.1 Å². The van der Waals surface area contributed by atoms with Crippen LogP contribution in [0.3, 0.4) is 0 Å². The molecule has 0 spiro atoms. The van der Waals surface area contributed by atoms with Crippen molar-refractivity contribution < 1.29 is 9.53 Å². The second-order valence-corrected chi connectivity index (χ2v) is 4.22. The lowest BCUT2D eigenvalue weighted by atomic mass is 10.0. The number of nitrogens with one attached hydrogen (secondary N) is 2. The number of aromatic nitrogens is 1. The third-order valence-electron chi connectivity index (χ3n) is 2.75. The van der Waals surface area contributed by atoms with E-state index >= 15 is 0 Å². The van der Waals surface area contributed by atoms with Gasteiger partial charge in [-0.1, -0.05) is 0 Å². The molecule has 2 rings (SSSR count). The average Bonchev–Trinajstić information content (AvgIpc) is 2.28. The quantitative estimate of drug-likeness (QED) is 0.764. The van der Waals surface area contributed by atoms with Gasteiger partial charge >= 0.3 is 0 Å². The van der Waals surface area contributed by atoms with Gasteiger partial charge in [0, 0.05) is 31.7 Å². The summed E-state index contributed by atoms with van der Waals surface area (Å²) >= 11 is 0.